The lowest BCUT2D eigenvalue weighted by molar-refractivity contribution is 0.0694. The van der Waals surface area contributed by atoms with Crippen LogP contribution in [0.15, 0.2) is 66.7 Å². The highest BCUT2D eigenvalue weighted by molar-refractivity contribution is 6.30. The predicted octanol–water partition coefficient (Wildman–Crippen LogP) is 5.15. The number of amides is 1. The normalized spacial score (nSPS) is 15.6. The quantitative estimate of drug-likeness (QED) is 0.600. The first-order valence-corrected chi connectivity index (χ1v) is 9.86. The van der Waals surface area contributed by atoms with E-state index in [0.717, 1.165) is 23.1 Å². The summed E-state index contributed by atoms with van der Waals surface area (Å²) in [5.74, 6) is 1.32. The standard InChI is InChI=1S/C24H22ClNO3/c1-28-21-14-17-11-12-26(24(27)18-9-6-10-19(25)13-18)23(16-7-4-3-5-8-16)20(17)15-22(21)29-2/h3-10,13-15,23H,11-12H2,1-2H3/t23-/m0/s1. The Bertz CT molecular complexity index is 1040. The highest BCUT2D eigenvalue weighted by Crippen LogP contribution is 2.41. The Morgan fingerprint density at radius 1 is 0.966 bits per heavy atom. The number of hydrogen-bond donors (Lipinski definition) is 0. The fourth-order valence-corrected chi connectivity index (χ4v) is 4.14. The number of hydrogen-bond acceptors (Lipinski definition) is 3. The zero-order chi connectivity index (χ0) is 20.4. The van der Waals surface area contributed by atoms with Crippen LogP contribution in [0.3, 0.4) is 0 Å². The van der Waals surface area contributed by atoms with Gasteiger partial charge in [-0.2, -0.15) is 0 Å². The van der Waals surface area contributed by atoms with Gasteiger partial charge >= 0.3 is 0 Å². The van der Waals surface area contributed by atoms with E-state index < -0.39 is 0 Å². The Kier molecular flexibility index (Phi) is 5.45. The van der Waals surface area contributed by atoms with Crippen LogP contribution in [0.2, 0.25) is 5.02 Å². The van der Waals surface area contributed by atoms with E-state index in [2.05, 4.69) is 12.1 Å². The molecule has 29 heavy (non-hydrogen) atoms. The first-order valence-electron chi connectivity index (χ1n) is 9.48. The molecule has 0 saturated carbocycles. The van der Waals surface area contributed by atoms with Crippen molar-refractivity contribution in [2.75, 3.05) is 20.8 Å². The molecule has 1 atom stereocenters. The van der Waals surface area contributed by atoms with Gasteiger partial charge in [0.2, 0.25) is 0 Å². The minimum Gasteiger partial charge on any atom is -0.493 e. The highest BCUT2D eigenvalue weighted by atomic mass is 35.5. The van der Waals surface area contributed by atoms with Crippen LogP contribution < -0.4 is 9.47 Å². The fraction of sp³-hybridized carbons (Fsp3) is 0.208. The van der Waals surface area contributed by atoms with Crippen LogP contribution in [0.5, 0.6) is 11.5 Å². The van der Waals surface area contributed by atoms with Crippen molar-refractivity contribution in [1.29, 1.82) is 0 Å². The van der Waals surface area contributed by atoms with Crippen LogP contribution in [-0.2, 0) is 6.42 Å². The Balaban J connectivity index is 1.84. The third kappa shape index (κ3) is 3.68. The molecular weight excluding hydrogens is 386 g/mol. The monoisotopic (exact) mass is 407 g/mol. The van der Waals surface area contributed by atoms with Crippen molar-refractivity contribution in [1.82, 2.24) is 4.90 Å². The number of benzene rings is 3. The lowest BCUT2D eigenvalue weighted by atomic mass is 9.87. The maximum atomic E-state index is 13.4. The van der Waals surface area contributed by atoms with Gasteiger partial charge in [0.15, 0.2) is 11.5 Å². The summed E-state index contributed by atoms with van der Waals surface area (Å²) in [6.07, 6.45) is 0.741. The summed E-state index contributed by atoms with van der Waals surface area (Å²) in [6.45, 7) is 0.605. The van der Waals surface area contributed by atoms with Crippen LogP contribution in [0, 0.1) is 0 Å². The number of fused-ring (bicyclic) bond motifs is 1. The van der Waals surface area contributed by atoms with Crippen molar-refractivity contribution < 1.29 is 14.3 Å². The number of carbonyl (C=O) groups excluding carboxylic acids is 1. The van der Waals surface area contributed by atoms with Crippen LogP contribution in [0.25, 0.3) is 0 Å². The molecular formula is C24H22ClNO3. The van der Waals surface area contributed by atoms with Crippen molar-refractivity contribution in [3.05, 3.63) is 94.0 Å². The summed E-state index contributed by atoms with van der Waals surface area (Å²) in [7, 11) is 3.26. The minimum atomic E-state index is -0.216. The molecule has 0 radical (unpaired) electrons. The molecule has 0 unspecified atom stereocenters. The molecule has 0 N–H and O–H groups in total. The van der Waals surface area contributed by atoms with E-state index in [1.165, 1.54) is 0 Å². The summed E-state index contributed by atoms with van der Waals surface area (Å²) in [5, 5.41) is 0.552. The summed E-state index contributed by atoms with van der Waals surface area (Å²) in [5.41, 5.74) is 3.85. The molecule has 0 fully saturated rings. The van der Waals surface area contributed by atoms with E-state index in [0.29, 0.717) is 28.6 Å². The molecule has 0 bridgehead atoms. The summed E-state index contributed by atoms with van der Waals surface area (Å²) in [4.78, 5) is 15.3. The molecule has 148 valence electrons. The van der Waals surface area contributed by atoms with Gasteiger partial charge in [0.25, 0.3) is 5.91 Å². The van der Waals surface area contributed by atoms with Crippen LogP contribution in [0.4, 0.5) is 0 Å². The van der Waals surface area contributed by atoms with Crippen molar-refractivity contribution in [3.63, 3.8) is 0 Å². The molecule has 3 aromatic rings. The van der Waals surface area contributed by atoms with Gasteiger partial charge in [0.1, 0.15) is 0 Å². The van der Waals surface area contributed by atoms with E-state index in [9.17, 15) is 4.79 Å². The van der Waals surface area contributed by atoms with Gasteiger partial charge in [-0.25, -0.2) is 0 Å². The Morgan fingerprint density at radius 2 is 1.69 bits per heavy atom. The number of carbonyl (C=O) groups is 1. The minimum absolute atomic E-state index is 0.0400. The number of ether oxygens (including phenoxy) is 2. The van der Waals surface area contributed by atoms with Gasteiger partial charge in [-0.1, -0.05) is 48.0 Å². The molecule has 1 heterocycles. The second-order valence-corrected chi connectivity index (χ2v) is 7.41. The molecule has 0 aliphatic carbocycles. The van der Waals surface area contributed by atoms with Crippen molar-refractivity contribution in [2.45, 2.75) is 12.5 Å². The number of rotatable bonds is 4. The Hall–Kier alpha value is -2.98. The van der Waals surface area contributed by atoms with Crippen LogP contribution >= 0.6 is 11.6 Å². The lowest BCUT2D eigenvalue weighted by Gasteiger charge is -2.38. The molecule has 1 amide bonds. The third-order valence-corrected chi connectivity index (χ3v) is 5.56. The average molecular weight is 408 g/mol. The van der Waals surface area contributed by atoms with Crippen molar-refractivity contribution >= 4 is 17.5 Å². The lowest BCUT2D eigenvalue weighted by Crippen LogP contribution is -2.40. The van der Waals surface area contributed by atoms with E-state index in [1.807, 2.05) is 35.2 Å². The van der Waals surface area contributed by atoms with Crippen LogP contribution in [0.1, 0.15) is 33.1 Å². The fourth-order valence-electron chi connectivity index (χ4n) is 3.95. The zero-order valence-corrected chi connectivity index (χ0v) is 17.1. The van der Waals surface area contributed by atoms with Gasteiger partial charge in [-0.3, -0.25) is 4.79 Å². The van der Waals surface area contributed by atoms with Gasteiger partial charge in [0.05, 0.1) is 20.3 Å². The Labute approximate surface area is 175 Å². The molecule has 0 saturated heterocycles. The Morgan fingerprint density at radius 3 is 2.38 bits per heavy atom. The van der Waals surface area contributed by atoms with Gasteiger partial charge in [-0.05, 0) is 53.4 Å². The van der Waals surface area contributed by atoms with Gasteiger partial charge < -0.3 is 14.4 Å². The maximum Gasteiger partial charge on any atom is 0.254 e. The molecule has 5 heteroatoms. The molecule has 4 rings (SSSR count). The SMILES string of the molecule is COc1cc2c(cc1OC)[C@H](c1ccccc1)N(C(=O)c1cccc(Cl)c1)CC2. The van der Waals surface area contributed by atoms with E-state index >= 15 is 0 Å². The smallest absolute Gasteiger partial charge is 0.254 e. The predicted molar refractivity (Wildman–Crippen MR) is 114 cm³/mol. The van der Waals surface area contributed by atoms with Crippen LogP contribution in [-0.4, -0.2) is 31.6 Å². The zero-order valence-electron chi connectivity index (χ0n) is 16.4. The first kappa shape index (κ1) is 19.3. The number of methoxy groups -OCH3 is 2. The van der Waals surface area contributed by atoms with E-state index in [1.54, 1.807) is 38.5 Å². The number of nitrogens with zero attached hydrogens (tertiary/aromatic N) is 1. The largest absolute Gasteiger partial charge is 0.493 e. The molecule has 3 aromatic carbocycles. The highest BCUT2D eigenvalue weighted by Gasteiger charge is 2.33. The molecule has 1 aliphatic rings. The van der Waals surface area contributed by atoms with E-state index in [4.69, 9.17) is 21.1 Å². The second kappa shape index (κ2) is 8.18. The molecule has 4 nitrogen and oxygen atoms in total. The van der Waals surface area contributed by atoms with E-state index in [-0.39, 0.29) is 11.9 Å². The van der Waals surface area contributed by atoms with Crippen molar-refractivity contribution in [3.8, 4) is 11.5 Å². The topological polar surface area (TPSA) is 38.8 Å². The van der Waals surface area contributed by atoms with Crippen molar-refractivity contribution in [2.24, 2.45) is 0 Å². The summed E-state index contributed by atoms with van der Waals surface area (Å²) < 4.78 is 11.0. The molecule has 0 spiro atoms. The molecule has 0 aromatic heterocycles. The molecule has 1 aliphatic heterocycles. The maximum absolute atomic E-state index is 13.4. The third-order valence-electron chi connectivity index (χ3n) is 5.32. The average Bonchev–Trinajstić information content (AvgIpc) is 2.77. The summed E-state index contributed by atoms with van der Waals surface area (Å²) >= 11 is 6.13. The van der Waals surface area contributed by atoms with Gasteiger partial charge in [0, 0.05) is 17.1 Å². The van der Waals surface area contributed by atoms with Gasteiger partial charge in [-0.15, -0.1) is 0 Å². The second-order valence-electron chi connectivity index (χ2n) is 6.98. The number of halogens is 1. The summed E-state index contributed by atoms with van der Waals surface area (Å²) in [6, 6.07) is 21.0. The first-order chi connectivity index (χ1) is 14.1.